The lowest BCUT2D eigenvalue weighted by molar-refractivity contribution is 0.563. The third-order valence-corrected chi connectivity index (χ3v) is 15.6. The van der Waals surface area contributed by atoms with Crippen LogP contribution in [0.5, 0.6) is 0 Å². The average Bonchev–Trinajstić information content (AvgIpc) is 2.62. The molecule has 0 unspecified atom stereocenters. The summed E-state index contributed by atoms with van der Waals surface area (Å²) in [6, 6.07) is 0. The minimum absolute atomic E-state index is 0.130. The maximum atomic E-state index is 2.59. The summed E-state index contributed by atoms with van der Waals surface area (Å²) in [6.45, 7) is 20.8. The fraction of sp³-hybridized carbons (Fsp3) is 1.00. The van der Waals surface area contributed by atoms with Crippen LogP contribution in [0.1, 0.15) is 113 Å². The molecular formula is C23H46P2. The minimum atomic E-state index is 0.130. The van der Waals surface area contributed by atoms with Gasteiger partial charge in [0, 0.05) is 0 Å². The van der Waals surface area contributed by atoms with Crippen LogP contribution >= 0.6 is 15.8 Å². The zero-order chi connectivity index (χ0) is 18.9. The molecule has 0 bridgehead atoms. The van der Waals surface area contributed by atoms with Crippen molar-refractivity contribution in [3.63, 3.8) is 0 Å². The summed E-state index contributed by atoms with van der Waals surface area (Å²) < 4.78 is 0. The van der Waals surface area contributed by atoms with Gasteiger partial charge in [-0.25, -0.2) is 0 Å². The van der Waals surface area contributed by atoms with Crippen LogP contribution in [-0.2, 0) is 0 Å². The quantitative estimate of drug-likeness (QED) is 0.426. The van der Waals surface area contributed by atoms with Crippen LogP contribution < -0.4 is 0 Å². The van der Waals surface area contributed by atoms with Crippen molar-refractivity contribution in [2.24, 2.45) is 0 Å². The Morgan fingerprint density at radius 1 is 0.480 bits per heavy atom. The van der Waals surface area contributed by atoms with Gasteiger partial charge in [-0.3, -0.25) is 0 Å². The fourth-order valence-electron chi connectivity index (χ4n) is 6.01. The van der Waals surface area contributed by atoms with Gasteiger partial charge in [0.05, 0.1) is 0 Å². The second-order valence-electron chi connectivity index (χ2n) is 11.3. The molecule has 0 aromatic rings. The molecule has 0 saturated carbocycles. The second kappa shape index (κ2) is 8.08. The summed E-state index contributed by atoms with van der Waals surface area (Å²) in [5, 5.41) is 2.38. The van der Waals surface area contributed by atoms with E-state index in [0.717, 1.165) is 0 Å². The number of rotatable bonds is 4. The van der Waals surface area contributed by atoms with E-state index in [1.54, 1.807) is 0 Å². The highest BCUT2D eigenvalue weighted by molar-refractivity contribution is 7.62. The van der Waals surface area contributed by atoms with Crippen LogP contribution in [0.3, 0.4) is 0 Å². The number of hydrogen-bond donors (Lipinski definition) is 0. The van der Waals surface area contributed by atoms with E-state index in [1.807, 2.05) is 0 Å². The van der Waals surface area contributed by atoms with E-state index in [2.05, 4.69) is 55.4 Å². The molecule has 2 saturated heterocycles. The van der Waals surface area contributed by atoms with Gasteiger partial charge in [0.25, 0.3) is 0 Å². The van der Waals surface area contributed by atoms with Crippen LogP contribution in [0.25, 0.3) is 0 Å². The zero-order valence-electron chi connectivity index (χ0n) is 18.7. The van der Waals surface area contributed by atoms with Crippen molar-refractivity contribution in [3.05, 3.63) is 0 Å². The first-order valence-corrected chi connectivity index (χ1v) is 14.0. The van der Waals surface area contributed by atoms with Crippen molar-refractivity contribution in [1.29, 1.82) is 0 Å². The first-order valence-electron chi connectivity index (χ1n) is 10.9. The summed E-state index contributed by atoms with van der Waals surface area (Å²) in [5.41, 5.74) is 0. The minimum Gasteiger partial charge on any atom is -0.0951 e. The topological polar surface area (TPSA) is 0 Å². The molecule has 25 heavy (non-hydrogen) atoms. The summed E-state index contributed by atoms with van der Waals surface area (Å²) in [4.78, 5) is 0. The molecule has 2 aliphatic heterocycles. The Kier molecular flexibility index (Phi) is 7.16. The van der Waals surface area contributed by atoms with Crippen molar-refractivity contribution >= 4 is 15.8 Å². The van der Waals surface area contributed by atoms with Gasteiger partial charge in [0.1, 0.15) is 0 Å². The van der Waals surface area contributed by atoms with Crippen LogP contribution in [0, 0.1) is 0 Å². The van der Waals surface area contributed by atoms with Crippen molar-refractivity contribution in [2.75, 3.05) is 12.3 Å². The third-order valence-electron chi connectivity index (χ3n) is 7.34. The smallest absolute Gasteiger partial charge is 0.0146 e. The molecule has 148 valence electrons. The lowest BCUT2D eigenvalue weighted by Crippen LogP contribution is -2.31. The molecule has 2 aliphatic rings. The highest BCUT2D eigenvalue weighted by atomic mass is 31.1. The molecule has 0 nitrogen and oxygen atoms in total. The molecule has 0 amide bonds. The predicted molar refractivity (Wildman–Crippen MR) is 121 cm³/mol. The Bertz CT molecular complexity index is 357. The number of hydrogen-bond acceptors (Lipinski definition) is 0. The van der Waals surface area contributed by atoms with Gasteiger partial charge in [-0.2, -0.15) is 0 Å². The summed E-state index contributed by atoms with van der Waals surface area (Å²) in [7, 11) is 0.260. The van der Waals surface area contributed by atoms with Crippen LogP contribution in [0.15, 0.2) is 0 Å². The maximum absolute atomic E-state index is 2.59. The molecular weight excluding hydrogens is 338 g/mol. The van der Waals surface area contributed by atoms with Crippen molar-refractivity contribution in [2.45, 2.75) is 134 Å². The lowest BCUT2D eigenvalue weighted by atomic mass is 10.0. The predicted octanol–water partition coefficient (Wildman–Crippen LogP) is 8.60. The first-order chi connectivity index (χ1) is 11.4. The van der Waals surface area contributed by atoms with Gasteiger partial charge in [0.2, 0.25) is 0 Å². The highest BCUT2D eigenvalue weighted by Gasteiger charge is 2.43. The van der Waals surface area contributed by atoms with E-state index >= 15 is 0 Å². The molecule has 0 aromatic carbocycles. The van der Waals surface area contributed by atoms with Gasteiger partial charge < -0.3 is 0 Å². The molecule has 0 aromatic heterocycles. The Morgan fingerprint density at radius 3 is 0.960 bits per heavy atom. The molecule has 0 N–H and O–H groups in total. The van der Waals surface area contributed by atoms with E-state index in [0.29, 0.717) is 20.6 Å². The van der Waals surface area contributed by atoms with E-state index < -0.39 is 0 Å². The molecule has 2 heterocycles. The van der Waals surface area contributed by atoms with E-state index in [4.69, 9.17) is 0 Å². The second-order valence-corrected chi connectivity index (χ2v) is 18.8. The maximum Gasteiger partial charge on any atom is -0.0146 e. The van der Waals surface area contributed by atoms with Crippen molar-refractivity contribution < 1.29 is 0 Å². The van der Waals surface area contributed by atoms with Crippen LogP contribution in [-0.4, -0.2) is 32.9 Å². The molecule has 2 rings (SSSR count). The molecule has 0 spiro atoms. The standard InChI is InChI=1S/C23H46P2/c1-20(2)14-9-10-15-21(3,4)24(20)18-13-19-25-22(5,6)16-11-12-17-23(25,7)8/h9-19H2,1-8H3. The first kappa shape index (κ1) is 22.2. The van der Waals surface area contributed by atoms with Gasteiger partial charge in [-0.1, -0.05) is 96.9 Å². The lowest BCUT2D eigenvalue weighted by Gasteiger charge is -2.46. The Balaban J connectivity index is 2.06. The molecule has 2 heteroatoms. The van der Waals surface area contributed by atoms with Crippen molar-refractivity contribution in [3.8, 4) is 0 Å². The highest BCUT2D eigenvalue weighted by Crippen LogP contribution is 2.67. The van der Waals surface area contributed by atoms with Gasteiger partial charge in [0.15, 0.2) is 0 Å². The van der Waals surface area contributed by atoms with E-state index in [-0.39, 0.29) is 15.8 Å². The summed E-state index contributed by atoms with van der Waals surface area (Å²) in [5.74, 6) is 0. The SMILES string of the molecule is CC1(C)CCCCC(C)(C)P1CCCP1C(C)(C)CCCCC1(C)C. The van der Waals surface area contributed by atoms with Crippen LogP contribution in [0.4, 0.5) is 0 Å². The van der Waals surface area contributed by atoms with Gasteiger partial charge in [-0.05, 0) is 65.1 Å². The molecule has 0 radical (unpaired) electrons. The summed E-state index contributed by atoms with van der Waals surface area (Å²) in [6.07, 6.45) is 16.3. The monoisotopic (exact) mass is 384 g/mol. The van der Waals surface area contributed by atoms with Crippen LogP contribution in [0.2, 0.25) is 0 Å². The van der Waals surface area contributed by atoms with Gasteiger partial charge >= 0.3 is 0 Å². The largest absolute Gasteiger partial charge is 0.0951 e. The fourth-order valence-corrected chi connectivity index (χ4v) is 14.6. The Hall–Kier alpha value is 0.860. The van der Waals surface area contributed by atoms with Crippen molar-refractivity contribution in [1.82, 2.24) is 0 Å². The zero-order valence-corrected chi connectivity index (χ0v) is 20.5. The van der Waals surface area contributed by atoms with E-state index in [9.17, 15) is 0 Å². The molecule has 0 aliphatic carbocycles. The molecule has 2 fully saturated rings. The summed E-state index contributed by atoms with van der Waals surface area (Å²) >= 11 is 0. The van der Waals surface area contributed by atoms with Gasteiger partial charge in [-0.15, -0.1) is 0 Å². The average molecular weight is 385 g/mol. The normalized spacial score (nSPS) is 29.8. The molecule has 0 atom stereocenters. The third kappa shape index (κ3) is 5.44. The van der Waals surface area contributed by atoms with E-state index in [1.165, 1.54) is 70.1 Å². The Labute approximate surface area is 162 Å². The Morgan fingerprint density at radius 2 is 0.720 bits per heavy atom.